The summed E-state index contributed by atoms with van der Waals surface area (Å²) in [7, 11) is 0. The largest absolute Gasteiger partial charge is 0.349 e. The molecular formula is C12H13NOS. The van der Waals surface area contributed by atoms with Crippen molar-refractivity contribution in [3.8, 4) is 12.3 Å². The van der Waals surface area contributed by atoms with E-state index in [2.05, 4.69) is 23.9 Å². The molecule has 0 aliphatic carbocycles. The molecule has 0 fully saturated rings. The normalized spacial score (nSPS) is 11.5. The summed E-state index contributed by atoms with van der Waals surface area (Å²) in [5.74, 6) is 2.37. The lowest BCUT2D eigenvalue weighted by molar-refractivity contribution is 0.0938. The fourth-order valence-corrected chi connectivity index (χ4v) is 1.46. The lowest BCUT2D eigenvalue weighted by Crippen LogP contribution is -2.32. The Morgan fingerprint density at radius 3 is 2.87 bits per heavy atom. The number of terminal acetylenes is 1. The molecule has 0 radical (unpaired) electrons. The van der Waals surface area contributed by atoms with E-state index in [1.165, 1.54) is 0 Å². The van der Waals surface area contributed by atoms with Gasteiger partial charge in [0.2, 0.25) is 0 Å². The molecular weight excluding hydrogens is 206 g/mol. The van der Waals surface area contributed by atoms with Crippen LogP contribution in [0.3, 0.4) is 0 Å². The highest BCUT2D eigenvalue weighted by molar-refractivity contribution is 7.80. The van der Waals surface area contributed by atoms with Gasteiger partial charge < -0.3 is 5.32 Å². The topological polar surface area (TPSA) is 29.1 Å². The van der Waals surface area contributed by atoms with Crippen LogP contribution in [0.5, 0.6) is 0 Å². The fraction of sp³-hybridized carbons (Fsp3) is 0.250. The van der Waals surface area contributed by atoms with Gasteiger partial charge in [-0.25, -0.2) is 0 Å². The Morgan fingerprint density at radius 1 is 1.60 bits per heavy atom. The maximum Gasteiger partial charge on any atom is 0.252 e. The highest BCUT2D eigenvalue weighted by Crippen LogP contribution is 2.12. The van der Waals surface area contributed by atoms with Crippen LogP contribution in [0.4, 0.5) is 0 Å². The van der Waals surface area contributed by atoms with Crippen molar-refractivity contribution in [2.75, 3.05) is 0 Å². The molecule has 1 aromatic carbocycles. The summed E-state index contributed by atoms with van der Waals surface area (Å²) in [5.41, 5.74) is 0.574. The van der Waals surface area contributed by atoms with Gasteiger partial charge in [-0.15, -0.1) is 25.0 Å². The summed E-state index contributed by atoms with van der Waals surface area (Å²) in [4.78, 5) is 12.4. The molecule has 3 heteroatoms. The smallest absolute Gasteiger partial charge is 0.252 e. The minimum absolute atomic E-state index is 0.0181. The van der Waals surface area contributed by atoms with Crippen molar-refractivity contribution in [2.45, 2.75) is 24.3 Å². The van der Waals surface area contributed by atoms with Crippen molar-refractivity contribution in [1.29, 1.82) is 0 Å². The summed E-state index contributed by atoms with van der Waals surface area (Å²) in [6.45, 7) is 1.87. The number of carbonyl (C=O) groups excluding carboxylic acids is 1. The summed E-state index contributed by atoms with van der Waals surface area (Å²) < 4.78 is 0. The molecule has 0 bridgehead atoms. The molecule has 0 aromatic heterocycles. The molecule has 0 saturated carbocycles. The standard InChI is InChI=1S/C12H13NOS/c1-3-6-9(2)13-12(14)10-7-4-5-8-11(10)15/h1,4-5,7-9,15H,6H2,2H3,(H,13,14). The van der Waals surface area contributed by atoms with Gasteiger partial charge in [-0.3, -0.25) is 4.79 Å². The SMILES string of the molecule is C#CCC(C)NC(=O)c1ccccc1S. The first-order chi connectivity index (χ1) is 7.15. The summed E-state index contributed by atoms with van der Waals surface area (Å²) >= 11 is 4.21. The van der Waals surface area contributed by atoms with Crippen molar-refractivity contribution in [2.24, 2.45) is 0 Å². The molecule has 2 nitrogen and oxygen atoms in total. The molecule has 0 aliphatic heterocycles. The van der Waals surface area contributed by atoms with Gasteiger partial charge in [0.15, 0.2) is 0 Å². The number of nitrogens with one attached hydrogen (secondary N) is 1. The van der Waals surface area contributed by atoms with Gasteiger partial charge in [0.1, 0.15) is 0 Å². The maximum absolute atomic E-state index is 11.7. The van der Waals surface area contributed by atoms with Crippen LogP contribution < -0.4 is 5.32 Å². The number of amides is 1. The van der Waals surface area contributed by atoms with Crippen LogP contribution in [0, 0.1) is 12.3 Å². The Kier molecular flexibility index (Phi) is 4.26. The van der Waals surface area contributed by atoms with Crippen molar-refractivity contribution in [1.82, 2.24) is 5.32 Å². The Morgan fingerprint density at radius 2 is 2.27 bits per heavy atom. The van der Waals surface area contributed by atoms with E-state index < -0.39 is 0 Å². The summed E-state index contributed by atoms with van der Waals surface area (Å²) in [6.07, 6.45) is 5.69. The third kappa shape index (κ3) is 3.34. The molecule has 1 N–H and O–H groups in total. The Labute approximate surface area is 95.5 Å². The number of thiol groups is 1. The zero-order chi connectivity index (χ0) is 11.3. The molecule has 0 saturated heterocycles. The van der Waals surface area contributed by atoms with Crippen molar-refractivity contribution < 1.29 is 4.79 Å². The number of hydrogen-bond acceptors (Lipinski definition) is 2. The molecule has 78 valence electrons. The van der Waals surface area contributed by atoms with Gasteiger partial charge in [-0.1, -0.05) is 12.1 Å². The minimum atomic E-state index is -0.136. The molecule has 1 unspecified atom stereocenters. The van der Waals surface area contributed by atoms with Crippen LogP contribution in [-0.2, 0) is 0 Å². The van der Waals surface area contributed by atoms with Crippen LogP contribution >= 0.6 is 12.6 Å². The van der Waals surface area contributed by atoms with Gasteiger partial charge in [0, 0.05) is 17.4 Å². The zero-order valence-corrected chi connectivity index (χ0v) is 9.42. The first-order valence-corrected chi connectivity index (χ1v) is 5.12. The van der Waals surface area contributed by atoms with Crippen LogP contribution in [0.15, 0.2) is 29.2 Å². The van der Waals surface area contributed by atoms with E-state index in [4.69, 9.17) is 6.42 Å². The van der Waals surface area contributed by atoms with E-state index >= 15 is 0 Å². The van der Waals surface area contributed by atoms with Gasteiger partial charge in [-0.2, -0.15) is 0 Å². The van der Waals surface area contributed by atoms with E-state index in [9.17, 15) is 4.79 Å². The molecule has 1 atom stereocenters. The van der Waals surface area contributed by atoms with Crippen molar-refractivity contribution >= 4 is 18.5 Å². The van der Waals surface area contributed by atoms with Gasteiger partial charge in [0.05, 0.1) is 5.56 Å². The second kappa shape index (κ2) is 5.47. The monoisotopic (exact) mass is 219 g/mol. The van der Waals surface area contributed by atoms with Gasteiger partial charge in [0.25, 0.3) is 5.91 Å². The zero-order valence-electron chi connectivity index (χ0n) is 8.53. The fourth-order valence-electron chi connectivity index (χ4n) is 1.19. The average molecular weight is 219 g/mol. The highest BCUT2D eigenvalue weighted by atomic mass is 32.1. The second-order valence-electron chi connectivity index (χ2n) is 3.30. The van der Waals surface area contributed by atoms with Gasteiger partial charge in [-0.05, 0) is 19.1 Å². The molecule has 1 amide bonds. The maximum atomic E-state index is 11.7. The van der Waals surface area contributed by atoms with E-state index in [0.717, 1.165) is 0 Å². The Balaban J connectivity index is 2.70. The molecule has 0 heterocycles. The van der Waals surface area contributed by atoms with E-state index in [1.54, 1.807) is 18.2 Å². The third-order valence-electron chi connectivity index (χ3n) is 1.95. The van der Waals surface area contributed by atoms with Crippen LogP contribution in [0.25, 0.3) is 0 Å². The highest BCUT2D eigenvalue weighted by Gasteiger charge is 2.10. The minimum Gasteiger partial charge on any atom is -0.349 e. The lowest BCUT2D eigenvalue weighted by Gasteiger charge is -2.11. The van der Waals surface area contributed by atoms with Crippen LogP contribution in [0.1, 0.15) is 23.7 Å². The summed E-state index contributed by atoms with van der Waals surface area (Å²) in [5, 5.41) is 2.81. The molecule has 1 aromatic rings. The van der Waals surface area contributed by atoms with Crippen LogP contribution in [-0.4, -0.2) is 11.9 Å². The predicted octanol–water partition coefficient (Wildman–Crippen LogP) is 2.12. The Hall–Kier alpha value is -1.40. The number of hydrogen-bond donors (Lipinski definition) is 2. The average Bonchev–Trinajstić information content (AvgIpc) is 2.18. The number of benzene rings is 1. The molecule has 0 aliphatic rings. The van der Waals surface area contributed by atoms with Crippen molar-refractivity contribution in [3.05, 3.63) is 29.8 Å². The molecule has 15 heavy (non-hydrogen) atoms. The molecule has 0 spiro atoms. The first-order valence-electron chi connectivity index (χ1n) is 4.67. The predicted molar refractivity (Wildman–Crippen MR) is 64.1 cm³/mol. The van der Waals surface area contributed by atoms with E-state index in [0.29, 0.717) is 16.9 Å². The lowest BCUT2D eigenvalue weighted by atomic mass is 10.2. The molecule has 1 rings (SSSR count). The third-order valence-corrected chi connectivity index (χ3v) is 2.34. The van der Waals surface area contributed by atoms with Crippen LogP contribution in [0.2, 0.25) is 0 Å². The van der Waals surface area contributed by atoms with Crippen molar-refractivity contribution in [3.63, 3.8) is 0 Å². The summed E-state index contributed by atoms with van der Waals surface area (Å²) in [6, 6.07) is 7.14. The first kappa shape index (κ1) is 11.7. The van der Waals surface area contributed by atoms with E-state index in [-0.39, 0.29) is 11.9 Å². The Bertz CT molecular complexity index is 395. The van der Waals surface area contributed by atoms with E-state index in [1.807, 2.05) is 13.0 Å². The number of carbonyl (C=O) groups is 1. The second-order valence-corrected chi connectivity index (χ2v) is 3.78. The quantitative estimate of drug-likeness (QED) is 0.592. The van der Waals surface area contributed by atoms with Gasteiger partial charge >= 0.3 is 0 Å². The number of rotatable bonds is 3.